The molecule has 0 aliphatic carbocycles. The molecule has 0 spiro atoms. The van der Waals surface area contributed by atoms with E-state index in [0.717, 1.165) is 4.90 Å². The van der Waals surface area contributed by atoms with Gasteiger partial charge in [0.05, 0.1) is 12.0 Å². The minimum absolute atomic E-state index is 0.253. The number of imidazole rings is 1. The number of nitrogens with zero attached hydrogens (tertiary/aromatic N) is 2. The number of carbonyl (C=O) groups excluding carboxylic acids is 1. The standard InChI is InChI=1S/C15H18N4O3S/c1-23-14-9-13-12(21-6-7-22-13)8-11(14)18-15(20)17-3-5-19-4-2-16-10-19/h2,4,8-10H,3,5-7H2,1H3,(H2,17,18,20). The van der Waals surface area contributed by atoms with Crippen LogP contribution in [0, 0.1) is 0 Å². The summed E-state index contributed by atoms with van der Waals surface area (Å²) in [6.07, 6.45) is 7.23. The first-order valence-electron chi connectivity index (χ1n) is 7.24. The highest BCUT2D eigenvalue weighted by molar-refractivity contribution is 7.98. The number of hydrogen-bond acceptors (Lipinski definition) is 5. The number of anilines is 1. The second kappa shape index (κ2) is 7.28. The van der Waals surface area contributed by atoms with Crippen LogP contribution in [0.2, 0.25) is 0 Å². The van der Waals surface area contributed by atoms with Gasteiger partial charge in [-0.1, -0.05) is 0 Å². The Hall–Kier alpha value is -2.35. The molecule has 2 N–H and O–H groups in total. The van der Waals surface area contributed by atoms with E-state index in [4.69, 9.17) is 9.47 Å². The monoisotopic (exact) mass is 334 g/mol. The van der Waals surface area contributed by atoms with Gasteiger partial charge in [0.1, 0.15) is 13.2 Å². The summed E-state index contributed by atoms with van der Waals surface area (Å²) in [4.78, 5) is 16.9. The molecule has 0 fully saturated rings. The van der Waals surface area contributed by atoms with Crippen molar-refractivity contribution < 1.29 is 14.3 Å². The maximum Gasteiger partial charge on any atom is 0.319 e. The number of nitrogens with one attached hydrogen (secondary N) is 2. The number of rotatable bonds is 5. The van der Waals surface area contributed by atoms with Crippen LogP contribution in [-0.2, 0) is 6.54 Å². The van der Waals surface area contributed by atoms with E-state index in [1.807, 2.05) is 23.1 Å². The van der Waals surface area contributed by atoms with Gasteiger partial charge in [0.15, 0.2) is 11.5 Å². The molecule has 2 amide bonds. The van der Waals surface area contributed by atoms with Gasteiger partial charge >= 0.3 is 6.03 Å². The number of hydrogen-bond donors (Lipinski definition) is 2. The summed E-state index contributed by atoms with van der Waals surface area (Å²) in [5.74, 6) is 1.37. The molecule has 1 aromatic carbocycles. The molecule has 23 heavy (non-hydrogen) atoms. The fraction of sp³-hybridized carbons (Fsp3) is 0.333. The maximum atomic E-state index is 12.0. The van der Waals surface area contributed by atoms with Crippen LogP contribution in [0.15, 0.2) is 35.7 Å². The lowest BCUT2D eigenvalue weighted by Gasteiger charge is -2.21. The summed E-state index contributed by atoms with van der Waals surface area (Å²) in [6, 6.07) is 3.44. The topological polar surface area (TPSA) is 77.4 Å². The molecule has 2 aromatic rings. The first kappa shape index (κ1) is 15.5. The van der Waals surface area contributed by atoms with Gasteiger partial charge < -0.3 is 24.7 Å². The van der Waals surface area contributed by atoms with Crippen LogP contribution in [0.3, 0.4) is 0 Å². The van der Waals surface area contributed by atoms with Gasteiger partial charge in [-0.05, 0) is 12.3 Å². The van der Waals surface area contributed by atoms with Crippen molar-refractivity contribution in [3.8, 4) is 11.5 Å². The van der Waals surface area contributed by atoms with E-state index < -0.39 is 0 Å². The highest BCUT2D eigenvalue weighted by atomic mass is 32.2. The van der Waals surface area contributed by atoms with Crippen molar-refractivity contribution in [1.29, 1.82) is 0 Å². The van der Waals surface area contributed by atoms with Gasteiger partial charge in [0, 0.05) is 36.4 Å². The molecule has 0 saturated heterocycles. The SMILES string of the molecule is CSc1cc2c(cc1NC(=O)NCCn1ccnc1)OCCO2. The van der Waals surface area contributed by atoms with Crippen LogP contribution in [0.5, 0.6) is 11.5 Å². The number of amides is 2. The Balaban J connectivity index is 1.60. The van der Waals surface area contributed by atoms with E-state index in [0.29, 0.717) is 43.5 Å². The van der Waals surface area contributed by atoms with Gasteiger partial charge in [-0.2, -0.15) is 0 Å². The lowest BCUT2D eigenvalue weighted by molar-refractivity contribution is 0.171. The number of fused-ring (bicyclic) bond motifs is 1. The van der Waals surface area contributed by atoms with E-state index in [1.165, 1.54) is 0 Å². The van der Waals surface area contributed by atoms with Crippen LogP contribution < -0.4 is 20.1 Å². The van der Waals surface area contributed by atoms with E-state index in [2.05, 4.69) is 15.6 Å². The van der Waals surface area contributed by atoms with Crippen molar-refractivity contribution in [2.75, 3.05) is 31.3 Å². The van der Waals surface area contributed by atoms with Crippen LogP contribution in [0.4, 0.5) is 10.5 Å². The molecular weight excluding hydrogens is 316 g/mol. The smallest absolute Gasteiger partial charge is 0.319 e. The van der Waals surface area contributed by atoms with Crippen LogP contribution in [0.1, 0.15) is 0 Å². The lowest BCUT2D eigenvalue weighted by Crippen LogP contribution is -2.31. The number of benzene rings is 1. The van der Waals surface area contributed by atoms with Gasteiger partial charge in [0.25, 0.3) is 0 Å². The molecule has 1 aliphatic heterocycles. The Labute approximate surface area is 138 Å². The molecule has 0 bridgehead atoms. The number of ether oxygens (including phenoxy) is 2. The summed E-state index contributed by atoms with van der Waals surface area (Å²) < 4.78 is 13.0. The molecular formula is C15H18N4O3S. The number of urea groups is 1. The third-order valence-corrected chi connectivity index (χ3v) is 4.10. The van der Waals surface area contributed by atoms with Crippen molar-refractivity contribution in [3.63, 3.8) is 0 Å². The average molecular weight is 334 g/mol. The molecule has 1 aliphatic rings. The quantitative estimate of drug-likeness (QED) is 0.820. The second-order valence-corrected chi connectivity index (χ2v) is 5.73. The van der Waals surface area contributed by atoms with Crippen molar-refractivity contribution in [2.24, 2.45) is 0 Å². The van der Waals surface area contributed by atoms with Crippen molar-refractivity contribution in [3.05, 3.63) is 30.9 Å². The van der Waals surface area contributed by atoms with Crippen LogP contribution >= 0.6 is 11.8 Å². The molecule has 2 heterocycles. The third-order valence-electron chi connectivity index (χ3n) is 3.33. The molecule has 0 unspecified atom stereocenters. The number of thioether (sulfide) groups is 1. The van der Waals surface area contributed by atoms with Crippen molar-refractivity contribution in [2.45, 2.75) is 11.4 Å². The fourth-order valence-electron chi connectivity index (χ4n) is 2.22. The number of aromatic nitrogens is 2. The van der Waals surface area contributed by atoms with Crippen LogP contribution in [0.25, 0.3) is 0 Å². The van der Waals surface area contributed by atoms with Gasteiger partial charge in [-0.25, -0.2) is 9.78 Å². The predicted octanol–water partition coefficient (Wildman–Crippen LogP) is 2.20. The third kappa shape index (κ3) is 3.89. The summed E-state index contributed by atoms with van der Waals surface area (Å²) >= 11 is 1.54. The van der Waals surface area contributed by atoms with E-state index in [-0.39, 0.29) is 6.03 Å². The minimum Gasteiger partial charge on any atom is -0.486 e. The second-order valence-electron chi connectivity index (χ2n) is 4.88. The van der Waals surface area contributed by atoms with Gasteiger partial charge in [0.2, 0.25) is 0 Å². The summed E-state index contributed by atoms with van der Waals surface area (Å²) in [5, 5.41) is 5.68. The molecule has 0 saturated carbocycles. The Morgan fingerprint density at radius 3 is 2.83 bits per heavy atom. The Morgan fingerprint density at radius 1 is 1.35 bits per heavy atom. The molecule has 8 heteroatoms. The molecule has 1 aromatic heterocycles. The zero-order valence-corrected chi connectivity index (χ0v) is 13.6. The van der Waals surface area contributed by atoms with E-state index >= 15 is 0 Å². The van der Waals surface area contributed by atoms with Crippen LogP contribution in [-0.4, -0.2) is 41.6 Å². The first-order valence-corrected chi connectivity index (χ1v) is 8.47. The summed E-state index contributed by atoms with van der Waals surface area (Å²) in [6.45, 7) is 2.25. The lowest BCUT2D eigenvalue weighted by atomic mass is 10.2. The highest BCUT2D eigenvalue weighted by Gasteiger charge is 2.16. The van der Waals surface area contributed by atoms with Crippen molar-refractivity contribution in [1.82, 2.24) is 14.9 Å². The fourth-order valence-corrected chi connectivity index (χ4v) is 2.78. The largest absolute Gasteiger partial charge is 0.486 e. The van der Waals surface area contributed by atoms with Crippen molar-refractivity contribution >= 4 is 23.5 Å². The first-order chi connectivity index (χ1) is 11.3. The maximum absolute atomic E-state index is 12.0. The summed E-state index contributed by atoms with van der Waals surface area (Å²) in [7, 11) is 0. The number of carbonyl (C=O) groups is 1. The molecule has 0 atom stereocenters. The Kier molecular flexibility index (Phi) is 4.92. The van der Waals surface area contributed by atoms with Gasteiger partial charge in [-0.3, -0.25) is 0 Å². The van der Waals surface area contributed by atoms with Gasteiger partial charge in [-0.15, -0.1) is 11.8 Å². The zero-order valence-electron chi connectivity index (χ0n) is 12.7. The normalized spacial score (nSPS) is 12.7. The molecule has 0 radical (unpaired) electrons. The molecule has 3 rings (SSSR count). The molecule has 122 valence electrons. The van der Waals surface area contributed by atoms with E-state index in [1.54, 1.807) is 30.4 Å². The molecule has 7 nitrogen and oxygen atoms in total. The average Bonchev–Trinajstić information content (AvgIpc) is 3.07. The highest BCUT2D eigenvalue weighted by Crippen LogP contribution is 2.39. The predicted molar refractivity (Wildman–Crippen MR) is 88.5 cm³/mol. The zero-order chi connectivity index (χ0) is 16.1. The minimum atomic E-state index is -0.253. The Morgan fingerprint density at radius 2 is 2.13 bits per heavy atom. The van der Waals surface area contributed by atoms with E-state index in [9.17, 15) is 4.79 Å². The Bertz CT molecular complexity index is 676. The summed E-state index contributed by atoms with van der Waals surface area (Å²) in [5.41, 5.74) is 0.710.